The number of ether oxygens (including phenoxy) is 3. The van der Waals surface area contributed by atoms with Crippen molar-refractivity contribution in [3.8, 4) is 11.5 Å². The minimum Gasteiger partial charge on any atom is -0.496 e. The van der Waals surface area contributed by atoms with Gasteiger partial charge in [0.1, 0.15) is 11.5 Å². The number of methoxy groups -OCH3 is 1. The number of hydrogen-bond acceptors (Lipinski definition) is 5. The first-order valence-electron chi connectivity index (χ1n) is 7.92. The summed E-state index contributed by atoms with van der Waals surface area (Å²) in [4.78, 5) is 23.6. The Morgan fingerprint density at radius 2 is 1.88 bits per heavy atom. The molecule has 2 aromatic carbocycles. The molecule has 0 aliphatic carbocycles. The maximum Gasteiger partial charge on any atom is 0.338 e. The van der Waals surface area contributed by atoms with E-state index in [0.717, 1.165) is 5.56 Å². The Hall–Kier alpha value is -3.02. The van der Waals surface area contributed by atoms with Gasteiger partial charge in [0.15, 0.2) is 6.61 Å². The third-order valence-corrected chi connectivity index (χ3v) is 3.38. The monoisotopic (exact) mass is 343 g/mol. The van der Waals surface area contributed by atoms with E-state index in [-0.39, 0.29) is 12.5 Å². The minimum absolute atomic E-state index is 0.151. The van der Waals surface area contributed by atoms with Crippen molar-refractivity contribution in [1.82, 2.24) is 5.32 Å². The van der Waals surface area contributed by atoms with Crippen molar-refractivity contribution in [2.45, 2.75) is 13.5 Å². The molecule has 0 fully saturated rings. The van der Waals surface area contributed by atoms with Gasteiger partial charge < -0.3 is 19.5 Å². The summed E-state index contributed by atoms with van der Waals surface area (Å²) in [6.07, 6.45) is 0. The van der Waals surface area contributed by atoms with Crippen LogP contribution in [0.3, 0.4) is 0 Å². The molecule has 0 heterocycles. The number of benzene rings is 2. The third kappa shape index (κ3) is 5.53. The van der Waals surface area contributed by atoms with E-state index >= 15 is 0 Å². The Kier molecular flexibility index (Phi) is 6.83. The number of carbonyl (C=O) groups excluding carboxylic acids is 2. The molecule has 0 saturated carbocycles. The Morgan fingerprint density at radius 1 is 1.08 bits per heavy atom. The fourth-order valence-corrected chi connectivity index (χ4v) is 2.17. The number of carbonyl (C=O) groups is 2. The van der Waals surface area contributed by atoms with Crippen LogP contribution < -0.4 is 14.8 Å². The average molecular weight is 343 g/mol. The molecule has 0 aliphatic rings. The van der Waals surface area contributed by atoms with E-state index in [0.29, 0.717) is 30.2 Å². The van der Waals surface area contributed by atoms with Gasteiger partial charge in [-0.25, -0.2) is 4.79 Å². The summed E-state index contributed by atoms with van der Waals surface area (Å²) < 4.78 is 15.6. The molecule has 0 bridgehead atoms. The second-order valence-electron chi connectivity index (χ2n) is 5.13. The van der Waals surface area contributed by atoms with Crippen LogP contribution >= 0.6 is 0 Å². The Bertz CT molecular complexity index is 729. The highest BCUT2D eigenvalue weighted by molar-refractivity contribution is 5.89. The van der Waals surface area contributed by atoms with E-state index in [2.05, 4.69) is 5.32 Å². The molecule has 0 aliphatic heterocycles. The van der Waals surface area contributed by atoms with Crippen molar-refractivity contribution < 1.29 is 23.8 Å². The van der Waals surface area contributed by atoms with Crippen molar-refractivity contribution in [3.05, 3.63) is 59.7 Å². The predicted octanol–water partition coefficient (Wildman–Crippen LogP) is 2.57. The first-order chi connectivity index (χ1) is 12.1. The van der Waals surface area contributed by atoms with Gasteiger partial charge in [-0.1, -0.05) is 24.3 Å². The zero-order valence-electron chi connectivity index (χ0n) is 14.3. The van der Waals surface area contributed by atoms with Gasteiger partial charge in [-0.05, 0) is 31.2 Å². The summed E-state index contributed by atoms with van der Waals surface area (Å²) in [7, 11) is 1.58. The van der Waals surface area contributed by atoms with Gasteiger partial charge in [0, 0.05) is 12.1 Å². The molecule has 132 valence electrons. The zero-order chi connectivity index (χ0) is 18.1. The standard InChI is InChI=1S/C19H21NO5/c1-3-24-19(22)14-8-6-9-16(11-14)25-13-18(21)20-12-15-7-4-5-10-17(15)23-2/h4-11H,3,12-13H2,1-2H3,(H,20,21). The molecule has 6 heteroatoms. The summed E-state index contributed by atoms with van der Waals surface area (Å²) in [5, 5.41) is 2.77. The normalized spacial score (nSPS) is 10.0. The quantitative estimate of drug-likeness (QED) is 0.746. The first-order valence-corrected chi connectivity index (χ1v) is 7.92. The van der Waals surface area contributed by atoms with Crippen molar-refractivity contribution in [3.63, 3.8) is 0 Å². The van der Waals surface area contributed by atoms with Crippen LogP contribution in [-0.4, -0.2) is 32.2 Å². The molecule has 0 spiro atoms. The molecule has 0 unspecified atom stereocenters. The second kappa shape index (κ2) is 9.32. The molecule has 6 nitrogen and oxygen atoms in total. The van der Waals surface area contributed by atoms with Gasteiger partial charge in [-0.15, -0.1) is 0 Å². The molecule has 25 heavy (non-hydrogen) atoms. The van der Waals surface area contributed by atoms with Gasteiger partial charge in [-0.2, -0.15) is 0 Å². The molecule has 1 amide bonds. The highest BCUT2D eigenvalue weighted by Gasteiger charge is 2.09. The third-order valence-electron chi connectivity index (χ3n) is 3.38. The van der Waals surface area contributed by atoms with E-state index in [1.165, 1.54) is 0 Å². The number of amides is 1. The molecule has 1 N–H and O–H groups in total. The fourth-order valence-electron chi connectivity index (χ4n) is 2.17. The topological polar surface area (TPSA) is 73.9 Å². The molecule has 0 saturated heterocycles. The van der Waals surface area contributed by atoms with Crippen LogP contribution in [0, 0.1) is 0 Å². The van der Waals surface area contributed by atoms with Gasteiger partial charge in [-0.3, -0.25) is 4.79 Å². The van der Waals surface area contributed by atoms with Crippen LogP contribution in [0.25, 0.3) is 0 Å². The van der Waals surface area contributed by atoms with Gasteiger partial charge in [0.2, 0.25) is 0 Å². The maximum absolute atomic E-state index is 11.9. The lowest BCUT2D eigenvalue weighted by Gasteiger charge is -2.10. The molecule has 0 radical (unpaired) electrons. The van der Waals surface area contributed by atoms with Crippen LogP contribution in [0.1, 0.15) is 22.8 Å². The van der Waals surface area contributed by atoms with Crippen LogP contribution in [0.2, 0.25) is 0 Å². The van der Waals surface area contributed by atoms with Gasteiger partial charge >= 0.3 is 5.97 Å². The lowest BCUT2D eigenvalue weighted by atomic mass is 10.2. The lowest BCUT2D eigenvalue weighted by Crippen LogP contribution is -2.28. The number of nitrogens with one attached hydrogen (secondary N) is 1. The predicted molar refractivity (Wildman–Crippen MR) is 92.7 cm³/mol. The number of esters is 1. The van der Waals surface area contributed by atoms with Crippen molar-refractivity contribution in [2.75, 3.05) is 20.3 Å². The summed E-state index contributed by atoms with van der Waals surface area (Å²) >= 11 is 0. The fraction of sp³-hybridized carbons (Fsp3) is 0.263. The Labute approximate surface area is 146 Å². The SMILES string of the molecule is CCOC(=O)c1cccc(OCC(=O)NCc2ccccc2OC)c1. The summed E-state index contributed by atoms with van der Waals surface area (Å²) in [6.45, 7) is 2.23. The van der Waals surface area contributed by atoms with E-state index in [1.807, 2.05) is 24.3 Å². The van der Waals surface area contributed by atoms with Crippen LogP contribution in [-0.2, 0) is 16.1 Å². The van der Waals surface area contributed by atoms with E-state index < -0.39 is 5.97 Å². The molecule has 0 aromatic heterocycles. The number of para-hydroxylation sites is 1. The molecule has 2 aromatic rings. The molecular weight excluding hydrogens is 322 g/mol. The molecule has 2 rings (SSSR count). The summed E-state index contributed by atoms with van der Waals surface area (Å²) in [5.74, 6) is 0.449. The Balaban J connectivity index is 1.86. The van der Waals surface area contributed by atoms with E-state index in [9.17, 15) is 9.59 Å². The minimum atomic E-state index is -0.423. The smallest absolute Gasteiger partial charge is 0.338 e. The molecule has 0 atom stereocenters. The highest BCUT2D eigenvalue weighted by Crippen LogP contribution is 2.17. The zero-order valence-corrected chi connectivity index (χ0v) is 14.3. The summed E-state index contributed by atoms with van der Waals surface area (Å²) in [6, 6.07) is 14.0. The van der Waals surface area contributed by atoms with Crippen LogP contribution in [0.5, 0.6) is 11.5 Å². The van der Waals surface area contributed by atoms with Crippen LogP contribution in [0.15, 0.2) is 48.5 Å². The van der Waals surface area contributed by atoms with E-state index in [4.69, 9.17) is 14.2 Å². The largest absolute Gasteiger partial charge is 0.496 e. The molecular formula is C19H21NO5. The lowest BCUT2D eigenvalue weighted by molar-refractivity contribution is -0.123. The average Bonchev–Trinajstić information content (AvgIpc) is 2.65. The van der Waals surface area contributed by atoms with Crippen molar-refractivity contribution in [1.29, 1.82) is 0 Å². The number of rotatable bonds is 8. The highest BCUT2D eigenvalue weighted by atomic mass is 16.5. The van der Waals surface area contributed by atoms with Gasteiger partial charge in [0.25, 0.3) is 5.91 Å². The van der Waals surface area contributed by atoms with Crippen LogP contribution in [0.4, 0.5) is 0 Å². The van der Waals surface area contributed by atoms with Crippen molar-refractivity contribution in [2.24, 2.45) is 0 Å². The first kappa shape index (κ1) is 18.3. The van der Waals surface area contributed by atoms with Crippen molar-refractivity contribution >= 4 is 11.9 Å². The number of hydrogen-bond donors (Lipinski definition) is 1. The maximum atomic E-state index is 11.9. The van der Waals surface area contributed by atoms with Gasteiger partial charge in [0.05, 0.1) is 19.3 Å². The van der Waals surface area contributed by atoms with E-state index in [1.54, 1.807) is 38.3 Å². The summed E-state index contributed by atoms with van der Waals surface area (Å²) in [5.41, 5.74) is 1.26. The second-order valence-corrected chi connectivity index (χ2v) is 5.13. The Morgan fingerprint density at radius 3 is 2.64 bits per heavy atom.